The first-order valence-corrected chi connectivity index (χ1v) is 11.4. The summed E-state index contributed by atoms with van der Waals surface area (Å²) < 4.78 is 9.15. The van der Waals surface area contributed by atoms with Gasteiger partial charge in [-0.05, 0) is 99.5 Å². The summed E-state index contributed by atoms with van der Waals surface area (Å²) in [7, 11) is 0. The number of rotatable bonds is 4. The molecule has 3 aromatic rings. The van der Waals surface area contributed by atoms with Gasteiger partial charge in [-0.3, -0.25) is 0 Å². The Morgan fingerprint density at radius 3 is 2.23 bits per heavy atom. The molecule has 1 aromatic heterocycles. The van der Waals surface area contributed by atoms with Gasteiger partial charge in [-0.1, -0.05) is 35.9 Å². The van der Waals surface area contributed by atoms with Gasteiger partial charge < -0.3 is 9.30 Å². The zero-order valence-corrected chi connectivity index (χ0v) is 21.1. The summed E-state index contributed by atoms with van der Waals surface area (Å²) in [4.78, 5) is 13.4. The third-order valence-electron chi connectivity index (χ3n) is 4.80. The first-order chi connectivity index (χ1) is 14.0. The van der Waals surface area contributed by atoms with Crippen molar-refractivity contribution in [2.75, 3.05) is 0 Å². The van der Waals surface area contributed by atoms with Gasteiger partial charge in [0, 0.05) is 25.9 Å². The Hall–Kier alpha value is -1.79. The molecule has 0 aliphatic carbocycles. The van der Waals surface area contributed by atoms with Crippen molar-refractivity contribution in [3.05, 3.63) is 68.4 Å². The third kappa shape index (κ3) is 4.75. The number of halogens is 2. The van der Waals surface area contributed by atoms with Crippen LogP contribution in [0.3, 0.4) is 0 Å². The van der Waals surface area contributed by atoms with Crippen LogP contribution in [-0.4, -0.2) is 16.1 Å². The van der Waals surface area contributed by atoms with Gasteiger partial charge in [-0.25, -0.2) is 4.79 Å². The van der Waals surface area contributed by atoms with E-state index in [4.69, 9.17) is 16.3 Å². The summed E-state index contributed by atoms with van der Waals surface area (Å²) in [6.45, 7) is 11.9. The molecule has 30 heavy (non-hydrogen) atoms. The quantitative estimate of drug-likeness (QED) is 0.251. The highest BCUT2D eigenvalue weighted by molar-refractivity contribution is 14.1. The van der Waals surface area contributed by atoms with Crippen molar-refractivity contribution in [1.29, 1.82) is 0 Å². The Bertz CT molecular complexity index is 1080. The van der Waals surface area contributed by atoms with E-state index in [9.17, 15) is 4.79 Å². The van der Waals surface area contributed by atoms with Crippen LogP contribution in [0.4, 0.5) is 0 Å². The lowest BCUT2D eigenvalue weighted by Crippen LogP contribution is -2.24. The smallest absolute Gasteiger partial charge is 0.341 e. The SMILES string of the molecule is Cc1c(C(=O)OC(C)(C)C)c(-c2cccc(I)c2)c(-c2ccc(Cl)cc2)n1C(C)C. The fourth-order valence-corrected chi connectivity index (χ4v) is 4.42. The minimum Gasteiger partial charge on any atom is -0.456 e. The minimum absolute atomic E-state index is 0.161. The lowest BCUT2D eigenvalue weighted by atomic mass is 9.96. The Balaban J connectivity index is 2.41. The Labute approximate surface area is 197 Å². The largest absolute Gasteiger partial charge is 0.456 e. The van der Waals surface area contributed by atoms with Gasteiger partial charge >= 0.3 is 5.97 Å². The van der Waals surface area contributed by atoms with E-state index in [1.165, 1.54) is 0 Å². The van der Waals surface area contributed by atoms with Gasteiger partial charge in [0.2, 0.25) is 0 Å². The van der Waals surface area contributed by atoms with E-state index in [0.717, 1.165) is 31.6 Å². The van der Waals surface area contributed by atoms with Crippen LogP contribution in [0.1, 0.15) is 56.7 Å². The van der Waals surface area contributed by atoms with Crippen LogP contribution in [0.5, 0.6) is 0 Å². The molecule has 1 heterocycles. The van der Waals surface area contributed by atoms with E-state index in [0.29, 0.717) is 10.6 Å². The third-order valence-corrected chi connectivity index (χ3v) is 5.72. The fraction of sp³-hybridized carbons (Fsp3) is 0.320. The molecular weight excluding hydrogens is 509 g/mol. The van der Waals surface area contributed by atoms with Gasteiger partial charge in [-0.2, -0.15) is 0 Å². The number of hydrogen-bond donors (Lipinski definition) is 0. The molecule has 3 nitrogen and oxygen atoms in total. The minimum atomic E-state index is -0.577. The van der Waals surface area contributed by atoms with Crippen molar-refractivity contribution in [3.8, 4) is 22.4 Å². The Morgan fingerprint density at radius 1 is 1.07 bits per heavy atom. The van der Waals surface area contributed by atoms with E-state index in [2.05, 4.69) is 53.1 Å². The van der Waals surface area contributed by atoms with Gasteiger partial charge in [0.15, 0.2) is 0 Å². The molecule has 0 amide bonds. The molecule has 0 spiro atoms. The zero-order chi connectivity index (χ0) is 22.2. The number of nitrogens with zero attached hydrogens (tertiary/aromatic N) is 1. The normalized spacial score (nSPS) is 11.8. The van der Waals surface area contributed by atoms with Crippen LogP contribution in [0, 0.1) is 10.5 Å². The summed E-state index contributed by atoms with van der Waals surface area (Å²) in [5.41, 5.74) is 4.85. The Morgan fingerprint density at radius 2 is 1.70 bits per heavy atom. The standard InChI is InChI=1S/C25H27ClINO2/c1-15(2)28-16(3)21(24(29)30-25(4,5)6)22(18-8-7-9-20(27)14-18)23(28)17-10-12-19(26)13-11-17/h7-15H,1-6H3. The molecule has 158 valence electrons. The van der Waals surface area contributed by atoms with Gasteiger partial charge in [0.1, 0.15) is 5.60 Å². The maximum atomic E-state index is 13.4. The fourth-order valence-electron chi connectivity index (χ4n) is 3.75. The molecule has 0 bridgehead atoms. The summed E-state index contributed by atoms with van der Waals surface area (Å²) in [6, 6.07) is 16.2. The van der Waals surface area contributed by atoms with Crippen molar-refractivity contribution >= 4 is 40.2 Å². The van der Waals surface area contributed by atoms with Crippen LogP contribution in [0.15, 0.2) is 48.5 Å². The maximum absolute atomic E-state index is 13.4. The van der Waals surface area contributed by atoms with Crippen molar-refractivity contribution < 1.29 is 9.53 Å². The van der Waals surface area contributed by atoms with Gasteiger partial charge in [0.05, 0.1) is 11.3 Å². The summed E-state index contributed by atoms with van der Waals surface area (Å²) in [6.07, 6.45) is 0. The van der Waals surface area contributed by atoms with Crippen LogP contribution >= 0.6 is 34.2 Å². The van der Waals surface area contributed by atoms with E-state index in [1.54, 1.807) is 0 Å². The van der Waals surface area contributed by atoms with Gasteiger partial charge in [-0.15, -0.1) is 0 Å². The lowest BCUT2D eigenvalue weighted by Gasteiger charge is -2.20. The summed E-state index contributed by atoms with van der Waals surface area (Å²) in [5, 5.41) is 0.682. The number of ether oxygens (including phenoxy) is 1. The molecule has 2 aromatic carbocycles. The second-order valence-corrected chi connectivity index (χ2v) is 10.3. The molecule has 0 saturated carbocycles. The number of carbonyl (C=O) groups is 1. The van der Waals surface area contributed by atoms with Crippen molar-refractivity contribution in [2.45, 2.75) is 53.2 Å². The van der Waals surface area contributed by atoms with Crippen molar-refractivity contribution in [2.24, 2.45) is 0 Å². The van der Waals surface area contributed by atoms with Crippen LogP contribution in [0.2, 0.25) is 5.02 Å². The lowest BCUT2D eigenvalue weighted by molar-refractivity contribution is 0.00695. The van der Waals surface area contributed by atoms with E-state index in [1.807, 2.05) is 64.1 Å². The van der Waals surface area contributed by atoms with E-state index in [-0.39, 0.29) is 12.0 Å². The first-order valence-electron chi connectivity index (χ1n) is 9.99. The monoisotopic (exact) mass is 535 g/mol. The molecule has 0 N–H and O–H groups in total. The zero-order valence-electron chi connectivity index (χ0n) is 18.2. The number of hydrogen-bond acceptors (Lipinski definition) is 2. The van der Waals surface area contributed by atoms with Crippen LogP contribution in [-0.2, 0) is 4.74 Å². The topological polar surface area (TPSA) is 31.2 Å². The Kier molecular flexibility index (Phi) is 6.68. The second kappa shape index (κ2) is 8.75. The molecule has 0 saturated heterocycles. The van der Waals surface area contributed by atoms with Crippen molar-refractivity contribution in [3.63, 3.8) is 0 Å². The average Bonchev–Trinajstić information content (AvgIpc) is 2.94. The highest BCUT2D eigenvalue weighted by Crippen LogP contribution is 2.42. The van der Waals surface area contributed by atoms with E-state index >= 15 is 0 Å². The highest BCUT2D eigenvalue weighted by atomic mass is 127. The molecule has 3 rings (SSSR count). The molecule has 5 heteroatoms. The number of carbonyl (C=O) groups excluding carboxylic acids is 1. The molecule has 0 atom stereocenters. The molecule has 0 fully saturated rings. The van der Waals surface area contributed by atoms with E-state index < -0.39 is 5.60 Å². The molecule has 0 aliphatic heterocycles. The molecule has 0 aliphatic rings. The maximum Gasteiger partial charge on any atom is 0.341 e. The average molecular weight is 536 g/mol. The molecule has 0 unspecified atom stereocenters. The number of benzene rings is 2. The predicted octanol–water partition coefficient (Wildman–Crippen LogP) is 7.92. The second-order valence-electron chi connectivity index (χ2n) is 8.67. The van der Waals surface area contributed by atoms with Crippen molar-refractivity contribution in [1.82, 2.24) is 4.57 Å². The number of aromatic nitrogens is 1. The molecular formula is C25H27ClINO2. The predicted molar refractivity (Wildman–Crippen MR) is 133 cm³/mol. The van der Waals surface area contributed by atoms with Crippen LogP contribution < -0.4 is 0 Å². The van der Waals surface area contributed by atoms with Gasteiger partial charge in [0.25, 0.3) is 0 Å². The first kappa shape index (κ1) is 22.9. The summed E-state index contributed by atoms with van der Waals surface area (Å²) >= 11 is 8.46. The highest BCUT2D eigenvalue weighted by Gasteiger charge is 2.31. The summed E-state index contributed by atoms with van der Waals surface area (Å²) in [5.74, 6) is -0.302. The van der Waals surface area contributed by atoms with Crippen LogP contribution in [0.25, 0.3) is 22.4 Å². The number of esters is 1. The molecule has 0 radical (unpaired) electrons.